The average Bonchev–Trinajstić information content (AvgIpc) is 3.29. The van der Waals surface area contributed by atoms with E-state index in [1.54, 1.807) is 7.05 Å². The molecule has 2 N–H and O–H groups in total. The van der Waals surface area contributed by atoms with E-state index in [4.69, 9.17) is 4.74 Å². The van der Waals surface area contributed by atoms with Crippen LogP contribution in [0, 0.1) is 19.8 Å². The quantitative estimate of drug-likeness (QED) is 0.392. The third-order valence-electron chi connectivity index (χ3n) is 3.97. The Bertz CT molecular complexity index is 493. The van der Waals surface area contributed by atoms with Crippen molar-refractivity contribution >= 4 is 5.96 Å². The Morgan fingerprint density at radius 3 is 2.65 bits per heavy atom. The second kappa shape index (κ2) is 9.55. The molecule has 0 atom stereocenters. The Labute approximate surface area is 139 Å². The second-order valence-electron chi connectivity index (χ2n) is 6.30. The van der Waals surface area contributed by atoms with Gasteiger partial charge in [0.1, 0.15) is 0 Å². The lowest BCUT2D eigenvalue weighted by molar-refractivity contribution is 0.123. The number of nitrogens with one attached hydrogen (secondary N) is 2. The van der Waals surface area contributed by atoms with Gasteiger partial charge < -0.3 is 15.4 Å². The van der Waals surface area contributed by atoms with Gasteiger partial charge in [-0.2, -0.15) is 5.10 Å². The van der Waals surface area contributed by atoms with Gasteiger partial charge in [0.25, 0.3) is 0 Å². The van der Waals surface area contributed by atoms with E-state index >= 15 is 0 Å². The minimum atomic E-state index is 0.832. The zero-order valence-corrected chi connectivity index (χ0v) is 14.8. The molecule has 0 unspecified atom stereocenters. The van der Waals surface area contributed by atoms with Crippen molar-refractivity contribution < 1.29 is 4.74 Å². The molecule has 1 aromatic heterocycles. The number of aliphatic imine (C=N–C) groups is 1. The van der Waals surface area contributed by atoms with Crippen LogP contribution in [-0.2, 0) is 11.3 Å². The molecule has 2 rings (SSSR count). The van der Waals surface area contributed by atoms with Gasteiger partial charge in [-0.15, -0.1) is 0 Å². The number of nitrogens with zero attached hydrogens (tertiary/aromatic N) is 3. The molecular formula is C17H31N5O. The molecule has 6 heteroatoms. The molecule has 1 heterocycles. The summed E-state index contributed by atoms with van der Waals surface area (Å²) in [6.45, 7) is 8.61. The molecule has 6 nitrogen and oxygen atoms in total. The predicted molar refractivity (Wildman–Crippen MR) is 93.8 cm³/mol. The minimum absolute atomic E-state index is 0.832. The Morgan fingerprint density at radius 2 is 2.04 bits per heavy atom. The van der Waals surface area contributed by atoms with E-state index in [1.165, 1.54) is 18.5 Å². The first-order valence-corrected chi connectivity index (χ1v) is 8.72. The van der Waals surface area contributed by atoms with Crippen molar-refractivity contribution in [3.63, 3.8) is 0 Å². The lowest BCUT2D eigenvalue weighted by Crippen LogP contribution is -2.38. The minimum Gasteiger partial charge on any atom is -0.381 e. The molecule has 0 spiro atoms. The molecule has 0 aliphatic heterocycles. The van der Waals surface area contributed by atoms with Gasteiger partial charge in [0, 0.05) is 45.6 Å². The molecule has 1 aromatic rings. The predicted octanol–water partition coefficient (Wildman–Crippen LogP) is 1.87. The van der Waals surface area contributed by atoms with Crippen LogP contribution >= 0.6 is 0 Å². The molecule has 0 radical (unpaired) electrons. The van der Waals surface area contributed by atoms with Crippen LogP contribution in [0.1, 0.15) is 37.1 Å². The number of guanidine groups is 1. The van der Waals surface area contributed by atoms with Crippen LogP contribution in [0.2, 0.25) is 0 Å². The first-order chi connectivity index (χ1) is 11.2. The van der Waals surface area contributed by atoms with Crippen molar-refractivity contribution in [3.8, 4) is 0 Å². The van der Waals surface area contributed by atoms with E-state index < -0.39 is 0 Å². The lowest BCUT2D eigenvalue weighted by Gasteiger charge is -2.12. The monoisotopic (exact) mass is 321 g/mol. The highest BCUT2D eigenvalue weighted by Gasteiger charge is 2.20. The number of rotatable bonds is 10. The van der Waals surface area contributed by atoms with Crippen LogP contribution in [0.15, 0.2) is 11.1 Å². The van der Waals surface area contributed by atoms with Gasteiger partial charge in [0.15, 0.2) is 5.96 Å². The van der Waals surface area contributed by atoms with Crippen molar-refractivity contribution in [1.82, 2.24) is 20.4 Å². The topological polar surface area (TPSA) is 63.5 Å². The van der Waals surface area contributed by atoms with Gasteiger partial charge >= 0.3 is 0 Å². The second-order valence-corrected chi connectivity index (χ2v) is 6.30. The maximum atomic E-state index is 5.62. The normalized spacial score (nSPS) is 15.0. The molecule has 0 amide bonds. The summed E-state index contributed by atoms with van der Waals surface area (Å²) in [5.74, 6) is 1.71. The molecule has 130 valence electrons. The first kappa shape index (κ1) is 17.8. The van der Waals surface area contributed by atoms with E-state index in [2.05, 4.69) is 38.4 Å². The Morgan fingerprint density at radius 1 is 1.30 bits per heavy atom. The lowest BCUT2D eigenvalue weighted by atomic mass is 10.4. The molecular weight excluding hydrogens is 290 g/mol. The van der Waals surface area contributed by atoms with Gasteiger partial charge in [0.2, 0.25) is 0 Å². The smallest absolute Gasteiger partial charge is 0.190 e. The SMILES string of the molecule is CN=C(NCCCOCC1CC1)NCCCn1nc(C)cc1C. The molecule has 1 fully saturated rings. The highest BCUT2D eigenvalue weighted by molar-refractivity contribution is 5.79. The number of aryl methyl sites for hydroxylation is 3. The van der Waals surface area contributed by atoms with Gasteiger partial charge in [-0.3, -0.25) is 9.67 Å². The third-order valence-corrected chi connectivity index (χ3v) is 3.97. The maximum absolute atomic E-state index is 5.62. The molecule has 0 aromatic carbocycles. The third kappa shape index (κ3) is 7.03. The Kier molecular flexibility index (Phi) is 7.39. The number of hydrogen-bond donors (Lipinski definition) is 2. The average molecular weight is 321 g/mol. The summed E-state index contributed by atoms with van der Waals surface area (Å²) >= 11 is 0. The Balaban J connectivity index is 1.49. The van der Waals surface area contributed by atoms with Gasteiger partial charge in [-0.05, 0) is 51.5 Å². The molecule has 23 heavy (non-hydrogen) atoms. The maximum Gasteiger partial charge on any atom is 0.190 e. The van der Waals surface area contributed by atoms with Gasteiger partial charge in [-0.25, -0.2) is 0 Å². The van der Waals surface area contributed by atoms with Crippen LogP contribution in [0.25, 0.3) is 0 Å². The Hall–Kier alpha value is -1.56. The van der Waals surface area contributed by atoms with Crippen LogP contribution in [-0.4, -0.2) is 49.1 Å². The standard InChI is InChI=1S/C17H31N5O/c1-14-12-15(2)22(21-14)10-4-8-19-17(18-3)20-9-5-11-23-13-16-6-7-16/h12,16H,4-11,13H2,1-3H3,(H2,18,19,20). The van der Waals surface area contributed by atoms with Crippen molar-refractivity contribution in [1.29, 1.82) is 0 Å². The fourth-order valence-electron chi connectivity index (χ4n) is 2.47. The zero-order chi connectivity index (χ0) is 16.5. The number of aromatic nitrogens is 2. The molecule has 1 saturated carbocycles. The van der Waals surface area contributed by atoms with Crippen LogP contribution in [0.3, 0.4) is 0 Å². The summed E-state index contributed by atoms with van der Waals surface area (Å²) in [7, 11) is 1.81. The van der Waals surface area contributed by atoms with E-state index in [-0.39, 0.29) is 0 Å². The molecule has 0 saturated heterocycles. The summed E-state index contributed by atoms with van der Waals surface area (Å²) in [5.41, 5.74) is 2.30. The summed E-state index contributed by atoms with van der Waals surface area (Å²) in [6.07, 6.45) is 4.74. The summed E-state index contributed by atoms with van der Waals surface area (Å²) in [5, 5.41) is 11.1. The molecule has 1 aliphatic carbocycles. The number of hydrogen-bond acceptors (Lipinski definition) is 3. The van der Waals surface area contributed by atoms with E-state index in [1.807, 2.05) is 6.92 Å². The highest BCUT2D eigenvalue weighted by atomic mass is 16.5. The van der Waals surface area contributed by atoms with Crippen LogP contribution in [0.4, 0.5) is 0 Å². The van der Waals surface area contributed by atoms with Crippen molar-refractivity contribution in [2.24, 2.45) is 10.9 Å². The van der Waals surface area contributed by atoms with Gasteiger partial charge in [-0.1, -0.05) is 0 Å². The summed E-state index contributed by atoms with van der Waals surface area (Å²) < 4.78 is 7.68. The molecule has 0 bridgehead atoms. The zero-order valence-electron chi connectivity index (χ0n) is 14.8. The van der Waals surface area contributed by atoms with Crippen LogP contribution < -0.4 is 10.6 Å². The van der Waals surface area contributed by atoms with Crippen molar-refractivity contribution in [2.45, 2.75) is 46.1 Å². The van der Waals surface area contributed by atoms with Gasteiger partial charge in [0.05, 0.1) is 5.69 Å². The highest BCUT2D eigenvalue weighted by Crippen LogP contribution is 2.28. The fourth-order valence-corrected chi connectivity index (χ4v) is 2.47. The van der Waals surface area contributed by atoms with Crippen molar-refractivity contribution in [3.05, 3.63) is 17.5 Å². The van der Waals surface area contributed by atoms with Crippen molar-refractivity contribution in [2.75, 3.05) is 33.4 Å². The van der Waals surface area contributed by atoms with E-state index in [0.717, 1.165) is 63.3 Å². The van der Waals surface area contributed by atoms with Crippen LogP contribution in [0.5, 0.6) is 0 Å². The first-order valence-electron chi connectivity index (χ1n) is 8.72. The largest absolute Gasteiger partial charge is 0.381 e. The summed E-state index contributed by atoms with van der Waals surface area (Å²) in [4.78, 5) is 4.24. The van der Waals surface area contributed by atoms with E-state index in [0.29, 0.717) is 0 Å². The molecule has 1 aliphatic rings. The van der Waals surface area contributed by atoms with E-state index in [9.17, 15) is 0 Å². The fraction of sp³-hybridized carbons (Fsp3) is 0.765. The number of ether oxygens (including phenoxy) is 1. The summed E-state index contributed by atoms with van der Waals surface area (Å²) in [6, 6.07) is 2.11.